The lowest BCUT2D eigenvalue weighted by Gasteiger charge is -2.37. The van der Waals surface area contributed by atoms with E-state index in [0.717, 1.165) is 5.56 Å². The molecule has 3 amide bonds. The molecule has 2 aliphatic heterocycles. The first-order valence-corrected chi connectivity index (χ1v) is 8.73. The Kier molecular flexibility index (Phi) is 5.44. The standard InChI is InChI=1S/C17H21ClFN3O3/c18-13-9-12(1-2-14(13)19)15-10-22(7-8-25-15)16(23)11-3-5-21(6-4-11)17(20)24/h1-2,9,11,15H,3-8,10H2,(H2,20,24)/t15-/m0/s1. The molecule has 2 N–H and O–H groups in total. The first-order valence-electron chi connectivity index (χ1n) is 8.35. The summed E-state index contributed by atoms with van der Waals surface area (Å²) < 4.78 is 19.1. The van der Waals surface area contributed by atoms with Crippen molar-refractivity contribution < 1.29 is 18.7 Å². The number of rotatable bonds is 2. The van der Waals surface area contributed by atoms with Gasteiger partial charge in [0, 0.05) is 25.6 Å². The molecule has 0 saturated carbocycles. The Morgan fingerprint density at radius 3 is 2.56 bits per heavy atom. The van der Waals surface area contributed by atoms with Gasteiger partial charge in [0.1, 0.15) is 11.9 Å². The number of nitrogens with zero attached hydrogens (tertiary/aromatic N) is 2. The van der Waals surface area contributed by atoms with Crippen molar-refractivity contribution >= 4 is 23.5 Å². The third-order valence-electron chi connectivity index (χ3n) is 4.85. The summed E-state index contributed by atoms with van der Waals surface area (Å²) in [5.41, 5.74) is 6.03. The highest BCUT2D eigenvalue weighted by atomic mass is 35.5. The molecule has 1 aromatic rings. The van der Waals surface area contributed by atoms with Crippen LogP contribution in [0.4, 0.5) is 9.18 Å². The number of amides is 3. The zero-order valence-electron chi connectivity index (χ0n) is 13.8. The quantitative estimate of drug-likeness (QED) is 0.868. The fourth-order valence-electron chi connectivity index (χ4n) is 3.37. The Bertz CT molecular complexity index is 665. The highest BCUT2D eigenvalue weighted by molar-refractivity contribution is 6.30. The molecule has 6 nitrogen and oxygen atoms in total. The number of piperidine rings is 1. The van der Waals surface area contributed by atoms with Gasteiger partial charge in [0.25, 0.3) is 0 Å². The Hall–Kier alpha value is -1.86. The van der Waals surface area contributed by atoms with Crippen molar-refractivity contribution in [3.05, 3.63) is 34.6 Å². The summed E-state index contributed by atoms with van der Waals surface area (Å²) in [6.07, 6.45) is 0.916. The summed E-state index contributed by atoms with van der Waals surface area (Å²) >= 11 is 5.84. The van der Waals surface area contributed by atoms with Crippen LogP contribution in [0.25, 0.3) is 0 Å². The van der Waals surface area contributed by atoms with Gasteiger partial charge < -0.3 is 20.3 Å². The molecule has 25 heavy (non-hydrogen) atoms. The van der Waals surface area contributed by atoms with Gasteiger partial charge in [-0.15, -0.1) is 0 Å². The van der Waals surface area contributed by atoms with Gasteiger partial charge in [-0.2, -0.15) is 0 Å². The zero-order chi connectivity index (χ0) is 18.0. The van der Waals surface area contributed by atoms with Crippen molar-refractivity contribution in [2.45, 2.75) is 18.9 Å². The SMILES string of the molecule is NC(=O)N1CCC(C(=O)N2CCO[C@H](c3ccc(F)c(Cl)c3)C2)CC1. The average molecular weight is 370 g/mol. The topological polar surface area (TPSA) is 75.9 Å². The van der Waals surface area contributed by atoms with Crippen molar-refractivity contribution in [2.75, 3.05) is 32.8 Å². The second kappa shape index (κ2) is 7.58. The number of primary amides is 1. The number of hydrogen-bond acceptors (Lipinski definition) is 3. The van der Waals surface area contributed by atoms with Crippen molar-refractivity contribution in [3.8, 4) is 0 Å². The van der Waals surface area contributed by atoms with Crippen molar-refractivity contribution in [1.82, 2.24) is 9.80 Å². The maximum atomic E-state index is 13.3. The summed E-state index contributed by atoms with van der Waals surface area (Å²) in [5, 5.41) is 0.0448. The molecule has 2 aliphatic rings. The van der Waals surface area contributed by atoms with Crippen LogP contribution >= 0.6 is 11.6 Å². The molecular formula is C17H21ClFN3O3. The monoisotopic (exact) mass is 369 g/mol. The van der Waals surface area contributed by atoms with E-state index in [-0.39, 0.29) is 23.0 Å². The molecule has 0 aliphatic carbocycles. The predicted molar refractivity (Wildman–Crippen MR) is 90.6 cm³/mol. The van der Waals surface area contributed by atoms with Crippen LogP contribution in [-0.2, 0) is 9.53 Å². The van der Waals surface area contributed by atoms with Crippen molar-refractivity contribution in [1.29, 1.82) is 0 Å². The Morgan fingerprint density at radius 1 is 1.20 bits per heavy atom. The summed E-state index contributed by atoms with van der Waals surface area (Å²) in [6, 6.07) is 4.04. The second-order valence-corrected chi connectivity index (χ2v) is 6.82. The van der Waals surface area contributed by atoms with E-state index in [1.807, 2.05) is 0 Å². The molecule has 0 unspecified atom stereocenters. The molecular weight excluding hydrogens is 349 g/mol. The lowest BCUT2D eigenvalue weighted by Crippen LogP contribution is -2.49. The molecule has 0 bridgehead atoms. The van der Waals surface area contributed by atoms with Gasteiger partial charge in [-0.3, -0.25) is 4.79 Å². The van der Waals surface area contributed by atoms with Crippen molar-refractivity contribution in [3.63, 3.8) is 0 Å². The molecule has 0 radical (unpaired) electrons. The maximum absolute atomic E-state index is 13.3. The van der Waals surface area contributed by atoms with E-state index in [1.165, 1.54) is 6.07 Å². The third kappa shape index (κ3) is 4.04. The minimum atomic E-state index is -0.477. The summed E-state index contributed by atoms with van der Waals surface area (Å²) in [6.45, 7) is 2.38. The Morgan fingerprint density at radius 2 is 1.92 bits per heavy atom. The van der Waals surface area contributed by atoms with Crippen LogP contribution in [0.5, 0.6) is 0 Å². The van der Waals surface area contributed by atoms with E-state index in [4.69, 9.17) is 22.1 Å². The number of halogens is 2. The van der Waals surface area contributed by atoms with Crippen LogP contribution in [0, 0.1) is 11.7 Å². The fraction of sp³-hybridized carbons (Fsp3) is 0.529. The minimum Gasteiger partial charge on any atom is -0.370 e. The molecule has 1 aromatic carbocycles. The fourth-order valence-corrected chi connectivity index (χ4v) is 3.56. The van der Waals surface area contributed by atoms with E-state index in [0.29, 0.717) is 45.6 Å². The van der Waals surface area contributed by atoms with Crippen LogP contribution in [-0.4, -0.2) is 54.5 Å². The molecule has 0 spiro atoms. The Labute approximate surface area is 150 Å². The molecule has 2 fully saturated rings. The number of carbonyl (C=O) groups is 2. The van der Waals surface area contributed by atoms with Crippen LogP contribution in [0.1, 0.15) is 24.5 Å². The largest absolute Gasteiger partial charge is 0.370 e. The number of nitrogens with two attached hydrogens (primary N) is 1. The number of likely N-dealkylation sites (tertiary alicyclic amines) is 1. The van der Waals surface area contributed by atoms with E-state index >= 15 is 0 Å². The molecule has 1 atom stereocenters. The lowest BCUT2D eigenvalue weighted by atomic mass is 9.95. The van der Waals surface area contributed by atoms with Crippen LogP contribution in [0.3, 0.4) is 0 Å². The van der Waals surface area contributed by atoms with E-state index in [2.05, 4.69) is 0 Å². The highest BCUT2D eigenvalue weighted by Crippen LogP contribution is 2.28. The highest BCUT2D eigenvalue weighted by Gasteiger charge is 2.32. The van der Waals surface area contributed by atoms with Gasteiger partial charge in [0.05, 0.1) is 18.2 Å². The first kappa shape index (κ1) is 17.9. The van der Waals surface area contributed by atoms with Gasteiger partial charge in [0.2, 0.25) is 5.91 Å². The number of carbonyl (C=O) groups excluding carboxylic acids is 2. The van der Waals surface area contributed by atoms with E-state index in [1.54, 1.807) is 21.9 Å². The van der Waals surface area contributed by atoms with Crippen molar-refractivity contribution in [2.24, 2.45) is 11.7 Å². The molecule has 3 rings (SSSR count). The number of hydrogen-bond donors (Lipinski definition) is 1. The summed E-state index contributed by atoms with van der Waals surface area (Å²) in [7, 11) is 0. The molecule has 8 heteroatoms. The summed E-state index contributed by atoms with van der Waals surface area (Å²) in [5.74, 6) is -0.507. The lowest BCUT2D eigenvalue weighted by molar-refractivity contribution is -0.144. The molecule has 136 valence electrons. The summed E-state index contributed by atoms with van der Waals surface area (Å²) in [4.78, 5) is 27.3. The first-order chi connectivity index (χ1) is 12.0. The normalized spacial score (nSPS) is 22.1. The number of benzene rings is 1. The molecule has 0 aromatic heterocycles. The third-order valence-corrected chi connectivity index (χ3v) is 5.14. The van der Waals surface area contributed by atoms with E-state index in [9.17, 15) is 14.0 Å². The van der Waals surface area contributed by atoms with Gasteiger partial charge in [0.15, 0.2) is 0 Å². The maximum Gasteiger partial charge on any atom is 0.314 e. The van der Waals surface area contributed by atoms with Crippen LogP contribution in [0.2, 0.25) is 5.02 Å². The average Bonchev–Trinajstić information content (AvgIpc) is 2.63. The predicted octanol–water partition coefficient (Wildman–Crippen LogP) is 2.17. The van der Waals surface area contributed by atoms with E-state index < -0.39 is 11.8 Å². The molecule has 2 heterocycles. The molecule has 2 saturated heterocycles. The van der Waals surface area contributed by atoms with Gasteiger partial charge in [-0.25, -0.2) is 9.18 Å². The second-order valence-electron chi connectivity index (χ2n) is 6.42. The minimum absolute atomic E-state index is 0.0448. The van der Waals surface area contributed by atoms with Crippen LogP contribution in [0.15, 0.2) is 18.2 Å². The van der Waals surface area contributed by atoms with Gasteiger partial charge >= 0.3 is 6.03 Å². The van der Waals surface area contributed by atoms with Gasteiger partial charge in [-0.05, 0) is 30.5 Å². The van der Waals surface area contributed by atoms with Gasteiger partial charge in [-0.1, -0.05) is 17.7 Å². The number of morpholine rings is 1. The Balaban J connectivity index is 1.62. The smallest absolute Gasteiger partial charge is 0.314 e. The zero-order valence-corrected chi connectivity index (χ0v) is 14.5. The number of ether oxygens (including phenoxy) is 1. The van der Waals surface area contributed by atoms with Crippen LogP contribution < -0.4 is 5.73 Å². The number of urea groups is 1.